The number of aromatic amines is 1. The Hall–Kier alpha value is -6.06. The number of hydrogen-bond acceptors (Lipinski definition) is 14. The maximum absolute atomic E-state index is 14.1. The SMILES string of the molecule is CC(C)OC(=O)N=S1(=O)CCN(CC[C@H](C)Nc2ccc(S(=O)(=O)NC(=O)c3ccc(N4CCN(CC5=C(c6ccc(Cl)cc6)CC(C)(C)CC5)CC4)cc3Oc3cnc4[nH]ccc4c3)cc2[N+](=O)[O-])CC1. The summed E-state index contributed by atoms with van der Waals surface area (Å²) in [6.07, 6.45) is 5.75. The summed E-state index contributed by atoms with van der Waals surface area (Å²) in [5.41, 5.74) is 5.23. The Bertz CT molecular complexity index is 3090. The van der Waals surface area contributed by atoms with Gasteiger partial charge in [-0.05, 0) is 112 Å². The molecule has 21 heteroatoms. The van der Waals surface area contributed by atoms with Gasteiger partial charge < -0.3 is 29.6 Å². The van der Waals surface area contributed by atoms with Gasteiger partial charge in [0.25, 0.3) is 21.6 Å². The lowest BCUT2D eigenvalue weighted by Gasteiger charge is -2.39. The van der Waals surface area contributed by atoms with E-state index in [2.05, 4.69) is 65.0 Å². The number of nitrogens with one attached hydrogen (secondary N) is 3. The van der Waals surface area contributed by atoms with Crippen molar-refractivity contribution in [2.45, 2.75) is 77.3 Å². The molecule has 1 atom stereocenters. The molecular weight excluding hydrogens is 982 g/mol. The first-order valence-electron chi connectivity index (χ1n) is 24.2. The molecule has 384 valence electrons. The Morgan fingerprint density at radius 3 is 2.42 bits per heavy atom. The van der Waals surface area contributed by atoms with E-state index in [9.17, 15) is 32.3 Å². The van der Waals surface area contributed by atoms with Gasteiger partial charge in [0.15, 0.2) is 0 Å². The van der Waals surface area contributed by atoms with E-state index < -0.39 is 47.3 Å². The Morgan fingerprint density at radius 1 is 0.972 bits per heavy atom. The van der Waals surface area contributed by atoms with Crippen LogP contribution in [0.4, 0.5) is 21.9 Å². The number of anilines is 2. The van der Waals surface area contributed by atoms with E-state index >= 15 is 0 Å². The molecule has 2 fully saturated rings. The van der Waals surface area contributed by atoms with Gasteiger partial charge in [0, 0.05) is 104 Å². The number of benzene rings is 3. The maximum atomic E-state index is 14.1. The number of hydrogen-bond donors (Lipinski definition) is 3. The lowest BCUT2D eigenvalue weighted by molar-refractivity contribution is -0.384. The average Bonchev–Trinajstić information content (AvgIpc) is 3.80. The molecule has 0 spiro atoms. The highest BCUT2D eigenvalue weighted by Crippen LogP contribution is 2.43. The van der Waals surface area contributed by atoms with Gasteiger partial charge >= 0.3 is 6.09 Å². The highest BCUT2D eigenvalue weighted by molar-refractivity contribution is 7.94. The number of sulfonamides is 1. The number of carbonyl (C=O) groups excluding carboxylic acids is 2. The minimum Gasteiger partial charge on any atom is -0.455 e. The molecule has 18 nitrogen and oxygen atoms in total. The van der Waals surface area contributed by atoms with Gasteiger partial charge in [0.1, 0.15) is 22.8 Å². The summed E-state index contributed by atoms with van der Waals surface area (Å²) in [7, 11) is -7.37. The van der Waals surface area contributed by atoms with Crippen molar-refractivity contribution in [1.29, 1.82) is 0 Å². The summed E-state index contributed by atoms with van der Waals surface area (Å²) in [5, 5.41) is 17.0. The molecule has 1 aliphatic carbocycles. The number of nitrogens with zero attached hydrogens (tertiary/aromatic N) is 6. The Balaban J connectivity index is 0.942. The first-order chi connectivity index (χ1) is 34.2. The zero-order chi connectivity index (χ0) is 51.4. The predicted molar refractivity (Wildman–Crippen MR) is 281 cm³/mol. The smallest absolute Gasteiger partial charge is 0.442 e. The van der Waals surface area contributed by atoms with E-state index in [4.69, 9.17) is 21.1 Å². The van der Waals surface area contributed by atoms with Crippen molar-refractivity contribution >= 4 is 77.0 Å². The number of nitro groups is 1. The van der Waals surface area contributed by atoms with Crippen molar-refractivity contribution in [3.8, 4) is 11.5 Å². The highest BCUT2D eigenvalue weighted by Gasteiger charge is 2.31. The Morgan fingerprint density at radius 2 is 1.71 bits per heavy atom. The number of H-pyrrole nitrogens is 1. The lowest BCUT2D eigenvalue weighted by Crippen LogP contribution is -2.47. The molecule has 72 heavy (non-hydrogen) atoms. The summed E-state index contributed by atoms with van der Waals surface area (Å²) in [6.45, 7) is 15.2. The van der Waals surface area contributed by atoms with Crippen LogP contribution in [0.2, 0.25) is 5.02 Å². The molecule has 5 aromatic rings. The first kappa shape index (κ1) is 52.3. The van der Waals surface area contributed by atoms with E-state index in [0.29, 0.717) is 55.6 Å². The normalized spacial score (nSPS) is 17.9. The number of ether oxygens (including phenoxy) is 2. The van der Waals surface area contributed by atoms with E-state index in [1.54, 1.807) is 38.2 Å². The van der Waals surface area contributed by atoms with Gasteiger partial charge in [-0.2, -0.15) is 0 Å². The van der Waals surface area contributed by atoms with E-state index in [1.807, 2.05) is 25.1 Å². The first-order valence-corrected chi connectivity index (χ1v) is 27.9. The van der Waals surface area contributed by atoms with Crippen molar-refractivity contribution in [2.75, 3.05) is 74.1 Å². The minimum atomic E-state index is -4.64. The van der Waals surface area contributed by atoms with Crippen LogP contribution < -0.4 is 19.7 Å². The second-order valence-electron chi connectivity index (χ2n) is 19.8. The van der Waals surface area contributed by atoms with Gasteiger partial charge in [-0.1, -0.05) is 43.2 Å². The van der Waals surface area contributed by atoms with Crippen LogP contribution in [-0.2, 0) is 24.5 Å². The summed E-state index contributed by atoms with van der Waals surface area (Å²) in [4.78, 5) is 51.5. The number of rotatable bonds is 16. The van der Waals surface area contributed by atoms with E-state index in [1.165, 1.54) is 41.1 Å². The van der Waals surface area contributed by atoms with Gasteiger partial charge in [-0.25, -0.2) is 27.1 Å². The van der Waals surface area contributed by atoms with E-state index in [-0.39, 0.29) is 46.1 Å². The highest BCUT2D eigenvalue weighted by atomic mass is 35.5. The molecule has 0 bridgehead atoms. The topological polar surface area (TPSA) is 222 Å². The summed E-state index contributed by atoms with van der Waals surface area (Å²) in [6, 6.07) is 19.9. The van der Waals surface area contributed by atoms with Crippen LogP contribution in [-0.4, -0.2) is 125 Å². The van der Waals surface area contributed by atoms with Crippen LogP contribution in [0.3, 0.4) is 0 Å². The molecule has 8 rings (SSSR count). The second-order valence-corrected chi connectivity index (χ2v) is 24.5. The summed E-state index contributed by atoms with van der Waals surface area (Å²) < 4.78 is 58.1. The molecule has 2 amide bonds. The molecule has 0 saturated carbocycles. The summed E-state index contributed by atoms with van der Waals surface area (Å²) >= 11 is 6.25. The van der Waals surface area contributed by atoms with Crippen molar-refractivity contribution in [1.82, 2.24) is 24.5 Å². The lowest BCUT2D eigenvalue weighted by atomic mass is 9.72. The van der Waals surface area contributed by atoms with Crippen LogP contribution in [0.5, 0.6) is 11.5 Å². The van der Waals surface area contributed by atoms with Crippen LogP contribution >= 0.6 is 11.6 Å². The van der Waals surface area contributed by atoms with Gasteiger partial charge in [0.05, 0.1) is 37.4 Å². The molecule has 2 aliphatic heterocycles. The molecule has 0 radical (unpaired) electrons. The summed E-state index contributed by atoms with van der Waals surface area (Å²) in [5.74, 6) is -0.140. The number of piperazine rings is 1. The average molecular weight is 1040 g/mol. The second kappa shape index (κ2) is 22.0. The Kier molecular flexibility index (Phi) is 15.9. The third kappa shape index (κ3) is 13.1. The third-order valence-electron chi connectivity index (χ3n) is 13.4. The fourth-order valence-corrected chi connectivity index (χ4v) is 12.2. The number of pyridine rings is 1. The standard InChI is InChI=1S/C51H62ClN9O9S2/c1-34(2)69-50(63)57-71(66)26-24-58(25-27-71)19-16-35(3)55-45-13-11-42(30-46(45)61(64)65)72(67,68)56-49(62)43-12-10-40(29-47(43)70-41-28-37-15-18-53-48(37)54-32-41)60-22-20-59(21-23-60)33-38-14-17-51(4,5)31-44(38)36-6-8-39(52)9-7-36/h6-13,15,18,28-30,32,34-35,55H,14,16-17,19-27,31,33H2,1-5H3,(H,53,54)(H,56,62)/t35-/m0/s1. The number of nitro benzene ring substituents is 1. The molecule has 3 aromatic carbocycles. The Labute approximate surface area is 425 Å². The number of amides is 2. The quantitative estimate of drug-likeness (QED) is 0.0619. The molecule has 2 aromatic heterocycles. The molecule has 2 saturated heterocycles. The number of halogens is 1. The fraction of sp³-hybridized carbons (Fsp3) is 0.431. The minimum absolute atomic E-state index is 0.0716. The van der Waals surface area contributed by atoms with Crippen molar-refractivity contribution in [3.63, 3.8) is 0 Å². The predicted octanol–water partition coefficient (Wildman–Crippen LogP) is 9.34. The molecule has 0 unspecified atom stereocenters. The third-order valence-corrected chi connectivity index (χ3v) is 17.1. The zero-order valence-corrected chi connectivity index (χ0v) is 43.6. The maximum Gasteiger partial charge on any atom is 0.442 e. The molecule has 4 heterocycles. The zero-order valence-electron chi connectivity index (χ0n) is 41.2. The fourth-order valence-electron chi connectivity index (χ4n) is 9.31. The van der Waals surface area contributed by atoms with Gasteiger partial charge in [-0.3, -0.25) is 19.8 Å². The molecular formula is C51H62ClN9O9S2. The number of allylic oxidation sites excluding steroid dienone is 1. The van der Waals surface area contributed by atoms with Crippen molar-refractivity contribution < 1.29 is 36.6 Å². The van der Waals surface area contributed by atoms with Crippen molar-refractivity contribution in [3.05, 3.63) is 117 Å². The van der Waals surface area contributed by atoms with E-state index in [0.717, 1.165) is 56.0 Å². The number of carbonyl (C=O) groups is 2. The largest absolute Gasteiger partial charge is 0.455 e. The monoisotopic (exact) mass is 1040 g/mol. The van der Waals surface area contributed by atoms with Gasteiger partial charge in [0.2, 0.25) is 0 Å². The number of fused-ring (bicyclic) bond motifs is 1. The van der Waals surface area contributed by atoms with Crippen LogP contribution in [0.25, 0.3) is 16.6 Å². The van der Waals surface area contributed by atoms with Crippen LogP contribution in [0.15, 0.2) is 100 Å². The number of aromatic nitrogens is 2. The molecule has 3 aliphatic rings. The van der Waals surface area contributed by atoms with Crippen LogP contribution in [0.1, 0.15) is 76.2 Å². The molecule has 3 N–H and O–H groups in total. The van der Waals surface area contributed by atoms with Crippen molar-refractivity contribution in [2.24, 2.45) is 9.78 Å². The van der Waals surface area contributed by atoms with Crippen LogP contribution in [0, 0.1) is 15.5 Å². The van der Waals surface area contributed by atoms with Gasteiger partial charge in [-0.15, -0.1) is 4.36 Å².